The van der Waals surface area contributed by atoms with Crippen molar-refractivity contribution in [3.8, 4) is 0 Å². The number of primary amides is 1. The van der Waals surface area contributed by atoms with Gasteiger partial charge < -0.3 is 11.5 Å². The van der Waals surface area contributed by atoms with Crippen molar-refractivity contribution < 1.29 is 13.2 Å². The molecule has 2 unspecified atom stereocenters. The van der Waals surface area contributed by atoms with E-state index in [-0.39, 0.29) is 11.7 Å². The van der Waals surface area contributed by atoms with Crippen molar-refractivity contribution >= 4 is 27.5 Å². The number of carbonyl (C=O) groups excluding carboxylic acids is 1. The Bertz CT molecular complexity index is 397. The van der Waals surface area contributed by atoms with E-state index in [0.717, 1.165) is 25.0 Å². The zero-order valence-corrected chi connectivity index (χ0v) is 12.4. The molecular weight excluding hydrogens is 272 g/mol. The van der Waals surface area contributed by atoms with E-state index in [1.165, 1.54) is 6.26 Å². The maximum Gasteiger partial charge on any atom is 0.237 e. The quantitative estimate of drug-likeness (QED) is 0.650. The van der Waals surface area contributed by atoms with Crippen molar-refractivity contribution in [2.75, 3.05) is 23.5 Å². The smallest absolute Gasteiger partial charge is 0.237 e. The molecule has 0 aromatic carbocycles. The predicted molar refractivity (Wildman–Crippen MR) is 75.1 cm³/mol. The minimum Gasteiger partial charge on any atom is -0.368 e. The van der Waals surface area contributed by atoms with Crippen LogP contribution in [0.5, 0.6) is 0 Å². The molecule has 2 atom stereocenters. The van der Waals surface area contributed by atoms with Gasteiger partial charge in [-0.1, -0.05) is 6.42 Å². The summed E-state index contributed by atoms with van der Waals surface area (Å²) in [6.07, 6.45) is 4.61. The Labute approximate surface area is 113 Å². The van der Waals surface area contributed by atoms with Crippen LogP contribution in [0.1, 0.15) is 25.7 Å². The Hall–Kier alpha value is -0.270. The van der Waals surface area contributed by atoms with Crippen LogP contribution in [0.15, 0.2) is 0 Å². The number of sulfone groups is 1. The molecule has 18 heavy (non-hydrogen) atoms. The normalized spacial score (nSPS) is 28.4. The number of hydrogen-bond acceptors (Lipinski definition) is 5. The van der Waals surface area contributed by atoms with Crippen LogP contribution >= 0.6 is 11.8 Å². The first-order valence-electron chi connectivity index (χ1n) is 6.10. The maximum absolute atomic E-state index is 11.4. The van der Waals surface area contributed by atoms with Gasteiger partial charge in [-0.2, -0.15) is 11.8 Å². The lowest BCUT2D eigenvalue weighted by Crippen LogP contribution is -2.54. The molecule has 0 bridgehead atoms. The molecule has 0 aromatic heterocycles. The Morgan fingerprint density at radius 3 is 2.67 bits per heavy atom. The predicted octanol–water partition coefficient (Wildman–Crippen LogP) is 0.137. The van der Waals surface area contributed by atoms with Crippen molar-refractivity contribution in [3.63, 3.8) is 0 Å². The number of hydrogen-bond donors (Lipinski definition) is 2. The number of amides is 1. The third kappa shape index (κ3) is 4.44. The van der Waals surface area contributed by atoms with E-state index in [4.69, 9.17) is 11.5 Å². The summed E-state index contributed by atoms with van der Waals surface area (Å²) in [5.41, 5.74) is 10.6. The van der Waals surface area contributed by atoms with E-state index in [1.54, 1.807) is 11.8 Å². The van der Waals surface area contributed by atoms with Gasteiger partial charge in [0.2, 0.25) is 5.91 Å². The second-order valence-corrected chi connectivity index (χ2v) is 8.51. The molecule has 0 aliphatic heterocycles. The standard InChI is InChI=1S/C11H22N2O3S2/c1-18(15,16)8-7-17-6-4-9-3-2-5-11(9,13)10(12)14/h9H,2-8,13H2,1H3,(H2,12,14). The van der Waals surface area contributed by atoms with Crippen molar-refractivity contribution in [1.29, 1.82) is 0 Å². The Morgan fingerprint density at radius 1 is 1.44 bits per heavy atom. The van der Waals surface area contributed by atoms with Gasteiger partial charge in [0.15, 0.2) is 0 Å². The lowest BCUT2D eigenvalue weighted by atomic mass is 9.85. The summed E-state index contributed by atoms with van der Waals surface area (Å²) < 4.78 is 21.9. The first-order chi connectivity index (χ1) is 8.26. The SMILES string of the molecule is CS(=O)(=O)CCSCCC1CCCC1(N)C(N)=O. The summed E-state index contributed by atoms with van der Waals surface area (Å²) in [4.78, 5) is 11.4. The average molecular weight is 294 g/mol. The van der Waals surface area contributed by atoms with Crippen LogP contribution in [-0.4, -0.2) is 43.4 Å². The van der Waals surface area contributed by atoms with E-state index < -0.39 is 21.3 Å². The van der Waals surface area contributed by atoms with Crippen molar-refractivity contribution in [2.24, 2.45) is 17.4 Å². The summed E-state index contributed by atoms with van der Waals surface area (Å²) >= 11 is 1.59. The van der Waals surface area contributed by atoms with E-state index in [0.29, 0.717) is 12.2 Å². The molecule has 7 heteroatoms. The van der Waals surface area contributed by atoms with Gasteiger partial charge in [-0.15, -0.1) is 0 Å². The van der Waals surface area contributed by atoms with Crippen LogP contribution in [-0.2, 0) is 14.6 Å². The summed E-state index contributed by atoms with van der Waals surface area (Å²) in [7, 11) is -2.88. The monoisotopic (exact) mass is 294 g/mol. The lowest BCUT2D eigenvalue weighted by Gasteiger charge is -2.27. The van der Waals surface area contributed by atoms with Gasteiger partial charge in [0.05, 0.1) is 11.3 Å². The van der Waals surface area contributed by atoms with Gasteiger partial charge >= 0.3 is 0 Å². The van der Waals surface area contributed by atoms with Gasteiger partial charge in [-0.05, 0) is 30.9 Å². The Balaban J connectivity index is 2.29. The highest BCUT2D eigenvalue weighted by atomic mass is 32.2. The van der Waals surface area contributed by atoms with E-state index in [1.807, 2.05) is 0 Å². The minimum atomic E-state index is -2.88. The summed E-state index contributed by atoms with van der Waals surface area (Å²) in [5, 5.41) is 0. The van der Waals surface area contributed by atoms with Gasteiger partial charge in [-0.25, -0.2) is 8.42 Å². The first kappa shape index (κ1) is 15.8. The summed E-state index contributed by atoms with van der Waals surface area (Å²) in [6, 6.07) is 0. The highest BCUT2D eigenvalue weighted by Crippen LogP contribution is 2.36. The molecule has 0 aromatic rings. The molecule has 1 amide bonds. The lowest BCUT2D eigenvalue weighted by molar-refractivity contribution is -0.124. The van der Waals surface area contributed by atoms with Crippen LogP contribution in [0.25, 0.3) is 0 Å². The van der Waals surface area contributed by atoms with Gasteiger partial charge in [0.25, 0.3) is 0 Å². The van der Waals surface area contributed by atoms with Crippen LogP contribution in [0.2, 0.25) is 0 Å². The molecule has 1 aliphatic carbocycles. The third-order valence-corrected chi connectivity index (χ3v) is 5.76. The fraction of sp³-hybridized carbons (Fsp3) is 0.909. The largest absolute Gasteiger partial charge is 0.368 e. The van der Waals surface area contributed by atoms with Crippen LogP contribution in [0.4, 0.5) is 0 Å². The van der Waals surface area contributed by atoms with Crippen molar-refractivity contribution in [2.45, 2.75) is 31.2 Å². The fourth-order valence-corrected chi connectivity index (χ4v) is 4.70. The molecule has 0 heterocycles. The number of thioether (sulfide) groups is 1. The van der Waals surface area contributed by atoms with E-state index >= 15 is 0 Å². The molecule has 4 N–H and O–H groups in total. The molecule has 0 spiro atoms. The number of nitrogens with two attached hydrogens (primary N) is 2. The molecule has 0 saturated heterocycles. The number of rotatable bonds is 7. The average Bonchev–Trinajstić information content (AvgIpc) is 2.59. The molecule has 5 nitrogen and oxygen atoms in total. The van der Waals surface area contributed by atoms with Crippen LogP contribution in [0, 0.1) is 5.92 Å². The van der Waals surface area contributed by atoms with E-state index in [2.05, 4.69) is 0 Å². The summed E-state index contributed by atoms with van der Waals surface area (Å²) in [5.74, 6) is 1.35. The molecule has 1 fully saturated rings. The molecular formula is C11H22N2O3S2. The van der Waals surface area contributed by atoms with Gasteiger partial charge in [0, 0.05) is 12.0 Å². The molecule has 0 radical (unpaired) electrons. The van der Waals surface area contributed by atoms with Crippen molar-refractivity contribution in [3.05, 3.63) is 0 Å². The van der Waals surface area contributed by atoms with E-state index in [9.17, 15) is 13.2 Å². The van der Waals surface area contributed by atoms with Crippen LogP contribution in [0.3, 0.4) is 0 Å². The maximum atomic E-state index is 11.4. The minimum absolute atomic E-state index is 0.140. The molecule has 106 valence electrons. The Morgan fingerprint density at radius 2 is 2.11 bits per heavy atom. The van der Waals surface area contributed by atoms with Gasteiger partial charge in [0.1, 0.15) is 9.84 Å². The fourth-order valence-electron chi connectivity index (χ4n) is 2.37. The molecule has 1 saturated carbocycles. The highest BCUT2D eigenvalue weighted by molar-refractivity contribution is 8.00. The second kappa shape index (κ2) is 6.25. The zero-order valence-electron chi connectivity index (χ0n) is 10.7. The topological polar surface area (TPSA) is 103 Å². The summed E-state index contributed by atoms with van der Waals surface area (Å²) in [6.45, 7) is 0. The Kier molecular flexibility index (Phi) is 5.48. The zero-order chi connectivity index (χ0) is 13.8. The highest BCUT2D eigenvalue weighted by Gasteiger charge is 2.43. The first-order valence-corrected chi connectivity index (χ1v) is 9.31. The number of carbonyl (C=O) groups is 1. The third-order valence-electron chi connectivity index (χ3n) is 3.54. The molecule has 1 rings (SSSR count). The second-order valence-electron chi connectivity index (χ2n) is 5.02. The van der Waals surface area contributed by atoms with Gasteiger partial charge in [-0.3, -0.25) is 4.79 Å². The molecule has 1 aliphatic rings. The van der Waals surface area contributed by atoms with Crippen LogP contribution < -0.4 is 11.5 Å². The van der Waals surface area contributed by atoms with Crippen molar-refractivity contribution in [1.82, 2.24) is 0 Å².